The molecular formula is C27H35NO9. The van der Waals surface area contributed by atoms with Crippen LogP contribution in [0.25, 0.3) is 0 Å². The van der Waals surface area contributed by atoms with E-state index in [9.17, 15) is 14.4 Å². The molecule has 202 valence electrons. The first-order valence-electron chi connectivity index (χ1n) is 11.9. The fraction of sp³-hybridized carbons (Fsp3) is 0.481. The highest BCUT2D eigenvalue weighted by atomic mass is 16.7. The zero-order chi connectivity index (χ0) is 27.5. The molecule has 0 aliphatic heterocycles. The predicted molar refractivity (Wildman–Crippen MR) is 134 cm³/mol. The zero-order valence-electron chi connectivity index (χ0n) is 22.3. The molecule has 0 spiro atoms. The van der Waals surface area contributed by atoms with Crippen molar-refractivity contribution in [2.75, 3.05) is 21.0 Å². The van der Waals surface area contributed by atoms with E-state index < -0.39 is 42.6 Å². The van der Waals surface area contributed by atoms with Gasteiger partial charge in [0.05, 0.1) is 20.1 Å². The van der Waals surface area contributed by atoms with E-state index in [0.29, 0.717) is 11.5 Å². The fourth-order valence-electron chi connectivity index (χ4n) is 3.52. The van der Waals surface area contributed by atoms with Gasteiger partial charge >= 0.3 is 11.9 Å². The van der Waals surface area contributed by atoms with Crippen molar-refractivity contribution in [1.29, 1.82) is 0 Å². The number of hydrogen-bond acceptors (Lipinski definition) is 10. The van der Waals surface area contributed by atoms with Gasteiger partial charge in [0.15, 0.2) is 23.0 Å². The second-order valence-electron chi connectivity index (χ2n) is 8.76. The quantitative estimate of drug-likeness (QED) is 0.204. The molecule has 10 nitrogen and oxygen atoms in total. The van der Waals surface area contributed by atoms with Gasteiger partial charge in [-0.25, -0.2) is 4.98 Å². The maximum atomic E-state index is 13.0. The molecule has 0 N–H and O–H groups in total. The number of carbonyl (C=O) groups is 3. The lowest BCUT2D eigenvalue weighted by Crippen LogP contribution is -2.39. The van der Waals surface area contributed by atoms with Crippen molar-refractivity contribution in [3.63, 3.8) is 0 Å². The van der Waals surface area contributed by atoms with Gasteiger partial charge in [-0.3, -0.25) is 14.4 Å². The van der Waals surface area contributed by atoms with Crippen LogP contribution in [0.1, 0.15) is 51.5 Å². The van der Waals surface area contributed by atoms with Crippen LogP contribution in [0.15, 0.2) is 36.5 Å². The van der Waals surface area contributed by atoms with E-state index in [1.54, 1.807) is 38.3 Å². The smallest absolute Gasteiger partial charge is 0.309 e. The van der Waals surface area contributed by atoms with Crippen molar-refractivity contribution < 1.29 is 42.8 Å². The number of pyridine rings is 1. The number of esters is 2. The van der Waals surface area contributed by atoms with Gasteiger partial charge in [-0.15, -0.1) is 0 Å². The van der Waals surface area contributed by atoms with E-state index >= 15 is 0 Å². The molecule has 10 heteroatoms. The summed E-state index contributed by atoms with van der Waals surface area (Å²) in [5.41, 5.74) is -0.0391. The first-order valence-corrected chi connectivity index (χ1v) is 11.9. The molecule has 0 saturated heterocycles. The number of benzene rings is 1. The number of rotatable bonds is 14. The van der Waals surface area contributed by atoms with Crippen molar-refractivity contribution in [2.45, 2.75) is 53.2 Å². The highest BCUT2D eigenvalue weighted by Gasteiger charge is 2.31. The summed E-state index contributed by atoms with van der Waals surface area (Å²) in [5, 5.41) is 0. The Kier molecular flexibility index (Phi) is 11.2. The minimum absolute atomic E-state index is 0.0263. The van der Waals surface area contributed by atoms with Crippen molar-refractivity contribution in [3.8, 4) is 23.0 Å². The summed E-state index contributed by atoms with van der Waals surface area (Å²) in [6, 6.07) is 8.62. The Morgan fingerprint density at radius 3 is 2.14 bits per heavy atom. The Labute approximate surface area is 217 Å². The van der Waals surface area contributed by atoms with E-state index in [0.717, 1.165) is 0 Å². The monoisotopic (exact) mass is 517 g/mol. The third kappa shape index (κ3) is 8.66. The Hall–Kier alpha value is -3.82. The molecule has 1 aromatic carbocycles. The number of ether oxygens (including phenoxy) is 6. The molecule has 37 heavy (non-hydrogen) atoms. The Morgan fingerprint density at radius 1 is 0.919 bits per heavy atom. The molecule has 0 saturated carbocycles. The van der Waals surface area contributed by atoms with Crippen LogP contribution in [0.5, 0.6) is 23.0 Å². The average molecular weight is 518 g/mol. The van der Waals surface area contributed by atoms with Gasteiger partial charge in [0, 0.05) is 25.6 Å². The fourth-order valence-corrected chi connectivity index (χ4v) is 3.52. The number of methoxy groups -OCH3 is 2. The third-order valence-corrected chi connectivity index (χ3v) is 5.47. The highest BCUT2D eigenvalue weighted by Crippen LogP contribution is 2.31. The number of Topliss-reactive ketones (excluding diaryl/α,β-unsaturated/α-hetero) is 1. The van der Waals surface area contributed by atoms with Crippen LogP contribution in [-0.2, 0) is 19.1 Å². The molecule has 0 unspecified atom stereocenters. The van der Waals surface area contributed by atoms with Gasteiger partial charge in [0.2, 0.25) is 6.79 Å². The normalized spacial score (nSPS) is 13.2. The van der Waals surface area contributed by atoms with Crippen LogP contribution < -0.4 is 18.9 Å². The van der Waals surface area contributed by atoms with Gasteiger partial charge in [-0.05, 0) is 37.1 Å². The van der Waals surface area contributed by atoms with E-state index in [2.05, 4.69) is 4.98 Å². The van der Waals surface area contributed by atoms with Gasteiger partial charge in [-0.1, -0.05) is 20.8 Å². The molecule has 0 aliphatic carbocycles. The predicted octanol–water partition coefficient (Wildman–Crippen LogP) is 4.24. The molecule has 2 rings (SSSR count). The van der Waals surface area contributed by atoms with Crippen LogP contribution >= 0.6 is 0 Å². The van der Waals surface area contributed by atoms with E-state index in [1.165, 1.54) is 26.3 Å². The van der Waals surface area contributed by atoms with Crippen molar-refractivity contribution >= 4 is 17.7 Å². The Bertz CT molecular complexity index is 1050. The molecular weight excluding hydrogens is 482 g/mol. The van der Waals surface area contributed by atoms with Gasteiger partial charge in [0.1, 0.15) is 23.7 Å². The molecule has 0 radical (unpaired) electrons. The largest absolute Gasteiger partial charge is 0.497 e. The van der Waals surface area contributed by atoms with Gasteiger partial charge in [0.25, 0.3) is 0 Å². The molecule has 2 aromatic rings. The van der Waals surface area contributed by atoms with Crippen molar-refractivity contribution in [1.82, 2.24) is 4.98 Å². The van der Waals surface area contributed by atoms with Gasteiger partial charge < -0.3 is 28.4 Å². The molecule has 0 aliphatic rings. The van der Waals surface area contributed by atoms with Crippen LogP contribution in [0, 0.1) is 11.8 Å². The second kappa shape index (κ2) is 14.1. The standard InChI is InChI=1S/C27H35NO9/c1-16(2)25(18(4)36-21-10-8-20(32-6)9-11-21)37-27(31)17(3)14-22(30)24-26(35-15-34-19(5)29)23(33-7)12-13-28-24/h8-13,16-18,25H,14-15H2,1-7H3/t17-,18+,25-/m1/s1. The molecule has 1 aromatic heterocycles. The minimum atomic E-state index is -0.767. The van der Waals surface area contributed by atoms with E-state index in [1.807, 2.05) is 20.8 Å². The summed E-state index contributed by atoms with van der Waals surface area (Å²) in [7, 11) is 2.99. The lowest BCUT2D eigenvalue weighted by molar-refractivity contribution is -0.161. The minimum Gasteiger partial charge on any atom is -0.497 e. The molecule has 0 bridgehead atoms. The molecule has 0 fully saturated rings. The Balaban J connectivity index is 2.07. The Morgan fingerprint density at radius 2 is 1.57 bits per heavy atom. The number of carbonyl (C=O) groups excluding carboxylic acids is 3. The number of ketones is 1. The van der Waals surface area contributed by atoms with Crippen LogP contribution in [0.3, 0.4) is 0 Å². The molecule has 1 heterocycles. The lowest BCUT2D eigenvalue weighted by Gasteiger charge is -2.29. The summed E-state index contributed by atoms with van der Waals surface area (Å²) in [4.78, 5) is 41.1. The highest BCUT2D eigenvalue weighted by molar-refractivity contribution is 5.99. The zero-order valence-corrected chi connectivity index (χ0v) is 22.3. The van der Waals surface area contributed by atoms with E-state index in [-0.39, 0.29) is 29.5 Å². The summed E-state index contributed by atoms with van der Waals surface area (Å²) in [6.07, 6.45) is 0.216. The van der Waals surface area contributed by atoms with Crippen LogP contribution in [-0.4, -0.2) is 55.9 Å². The SMILES string of the molecule is COc1ccc(O[C@@H](C)[C@H](OC(=O)[C@H](C)CC(=O)c2nccc(OC)c2OCOC(C)=O)C(C)C)cc1. The second-order valence-corrected chi connectivity index (χ2v) is 8.76. The first-order chi connectivity index (χ1) is 17.6. The molecule has 3 atom stereocenters. The maximum absolute atomic E-state index is 13.0. The maximum Gasteiger partial charge on any atom is 0.309 e. The lowest BCUT2D eigenvalue weighted by atomic mass is 10.00. The first kappa shape index (κ1) is 29.4. The van der Waals surface area contributed by atoms with Crippen molar-refractivity contribution in [3.05, 3.63) is 42.2 Å². The topological polar surface area (TPSA) is 119 Å². The number of aromatic nitrogens is 1. The van der Waals surface area contributed by atoms with E-state index in [4.69, 9.17) is 28.4 Å². The summed E-state index contributed by atoms with van der Waals surface area (Å²) in [5.74, 6) is -0.759. The summed E-state index contributed by atoms with van der Waals surface area (Å²) < 4.78 is 32.4. The van der Waals surface area contributed by atoms with Crippen LogP contribution in [0.2, 0.25) is 0 Å². The number of hydrogen-bond donors (Lipinski definition) is 0. The summed E-state index contributed by atoms with van der Waals surface area (Å²) in [6.45, 7) is 8.09. The van der Waals surface area contributed by atoms with Crippen molar-refractivity contribution in [2.24, 2.45) is 11.8 Å². The molecule has 0 amide bonds. The third-order valence-electron chi connectivity index (χ3n) is 5.47. The average Bonchev–Trinajstić information content (AvgIpc) is 2.86. The van der Waals surface area contributed by atoms with Gasteiger partial charge in [-0.2, -0.15) is 0 Å². The summed E-state index contributed by atoms with van der Waals surface area (Å²) >= 11 is 0. The number of nitrogens with zero attached hydrogens (tertiary/aromatic N) is 1. The van der Waals surface area contributed by atoms with Crippen LogP contribution in [0.4, 0.5) is 0 Å².